The van der Waals surface area contributed by atoms with Crippen molar-refractivity contribution in [2.45, 2.75) is 20.4 Å². The summed E-state index contributed by atoms with van der Waals surface area (Å²) >= 11 is 3.35. The van der Waals surface area contributed by atoms with Crippen LogP contribution in [0.3, 0.4) is 0 Å². The standard InChI is InChI=1S/C11H17BrN2O2S/c1-3-14(4-2)17(15,16)13-9-10-6-5-7-11(12)8-10/h5-8,13H,3-4,9H2,1-2H3. The van der Waals surface area contributed by atoms with E-state index in [9.17, 15) is 8.42 Å². The van der Waals surface area contributed by atoms with Crippen molar-refractivity contribution in [2.75, 3.05) is 13.1 Å². The third kappa shape index (κ3) is 4.39. The summed E-state index contributed by atoms with van der Waals surface area (Å²) in [7, 11) is -3.37. The molecule has 0 aromatic heterocycles. The summed E-state index contributed by atoms with van der Waals surface area (Å²) < 4.78 is 28.6. The molecule has 0 atom stereocenters. The average Bonchev–Trinajstić information content (AvgIpc) is 2.28. The van der Waals surface area contributed by atoms with Crippen molar-refractivity contribution in [1.29, 1.82) is 0 Å². The Balaban J connectivity index is 2.67. The molecule has 1 rings (SSSR count). The number of hydrogen-bond donors (Lipinski definition) is 1. The third-order valence-electron chi connectivity index (χ3n) is 2.39. The van der Waals surface area contributed by atoms with E-state index in [-0.39, 0.29) is 0 Å². The minimum atomic E-state index is -3.37. The molecular weight excluding hydrogens is 304 g/mol. The zero-order valence-corrected chi connectivity index (χ0v) is 12.4. The van der Waals surface area contributed by atoms with Crippen molar-refractivity contribution in [1.82, 2.24) is 9.03 Å². The minimum absolute atomic E-state index is 0.304. The molecule has 0 aliphatic heterocycles. The Labute approximate surface area is 111 Å². The van der Waals surface area contributed by atoms with Gasteiger partial charge >= 0.3 is 0 Å². The molecule has 0 unspecified atom stereocenters. The lowest BCUT2D eigenvalue weighted by Gasteiger charge is -2.18. The topological polar surface area (TPSA) is 49.4 Å². The van der Waals surface area contributed by atoms with Gasteiger partial charge in [0.05, 0.1) is 0 Å². The van der Waals surface area contributed by atoms with E-state index in [4.69, 9.17) is 0 Å². The first-order valence-electron chi connectivity index (χ1n) is 5.48. The van der Waals surface area contributed by atoms with E-state index in [1.54, 1.807) is 0 Å². The van der Waals surface area contributed by atoms with Gasteiger partial charge in [-0.3, -0.25) is 0 Å². The van der Waals surface area contributed by atoms with Crippen molar-refractivity contribution in [2.24, 2.45) is 0 Å². The molecule has 0 saturated carbocycles. The molecule has 0 heterocycles. The molecule has 0 amide bonds. The lowest BCUT2D eigenvalue weighted by atomic mass is 10.2. The van der Waals surface area contributed by atoms with Gasteiger partial charge in [-0.25, -0.2) is 0 Å². The number of nitrogens with one attached hydrogen (secondary N) is 1. The number of hydrogen-bond acceptors (Lipinski definition) is 2. The van der Waals surface area contributed by atoms with Crippen LogP contribution in [0.1, 0.15) is 19.4 Å². The largest absolute Gasteiger partial charge is 0.279 e. The Morgan fingerprint density at radius 2 is 1.94 bits per heavy atom. The Bertz CT molecular complexity index is 458. The monoisotopic (exact) mass is 320 g/mol. The summed E-state index contributed by atoms with van der Waals surface area (Å²) in [4.78, 5) is 0. The molecule has 0 bridgehead atoms. The minimum Gasteiger partial charge on any atom is -0.198 e. The van der Waals surface area contributed by atoms with E-state index in [0.29, 0.717) is 19.6 Å². The predicted molar refractivity (Wildman–Crippen MR) is 72.8 cm³/mol. The van der Waals surface area contributed by atoms with Gasteiger partial charge in [-0.15, -0.1) is 0 Å². The fraction of sp³-hybridized carbons (Fsp3) is 0.455. The van der Waals surface area contributed by atoms with E-state index in [1.165, 1.54) is 4.31 Å². The molecule has 1 aromatic carbocycles. The number of benzene rings is 1. The van der Waals surface area contributed by atoms with Crippen molar-refractivity contribution >= 4 is 26.1 Å². The van der Waals surface area contributed by atoms with Crippen LogP contribution in [0.2, 0.25) is 0 Å². The summed E-state index contributed by atoms with van der Waals surface area (Å²) in [6.45, 7) is 4.90. The van der Waals surface area contributed by atoms with Crippen LogP contribution in [0.4, 0.5) is 0 Å². The lowest BCUT2D eigenvalue weighted by molar-refractivity contribution is 0.434. The maximum atomic E-state index is 11.9. The molecule has 1 N–H and O–H groups in total. The third-order valence-corrected chi connectivity index (χ3v) is 4.59. The van der Waals surface area contributed by atoms with Gasteiger partial charge < -0.3 is 0 Å². The van der Waals surface area contributed by atoms with Crippen LogP contribution in [0.15, 0.2) is 28.7 Å². The van der Waals surface area contributed by atoms with Crippen LogP contribution in [0.25, 0.3) is 0 Å². The molecule has 0 aliphatic carbocycles. The van der Waals surface area contributed by atoms with Crippen molar-refractivity contribution in [3.63, 3.8) is 0 Å². The smallest absolute Gasteiger partial charge is 0.198 e. The quantitative estimate of drug-likeness (QED) is 0.872. The van der Waals surface area contributed by atoms with Gasteiger partial charge in [0.1, 0.15) is 0 Å². The van der Waals surface area contributed by atoms with Crippen molar-refractivity contribution < 1.29 is 8.42 Å². The molecule has 4 nitrogen and oxygen atoms in total. The zero-order valence-electron chi connectivity index (χ0n) is 9.98. The molecule has 6 heteroatoms. The highest BCUT2D eigenvalue weighted by Gasteiger charge is 2.17. The Hall–Kier alpha value is -0.430. The number of nitrogens with zero attached hydrogens (tertiary/aromatic N) is 1. The van der Waals surface area contributed by atoms with Crippen LogP contribution in [-0.2, 0) is 16.8 Å². The van der Waals surface area contributed by atoms with E-state index < -0.39 is 10.2 Å². The van der Waals surface area contributed by atoms with Crippen LogP contribution in [0, 0.1) is 0 Å². The molecule has 0 aliphatic rings. The summed E-state index contributed by atoms with van der Waals surface area (Å²) in [5.41, 5.74) is 0.926. The van der Waals surface area contributed by atoms with Gasteiger partial charge in [0.25, 0.3) is 10.2 Å². The SMILES string of the molecule is CCN(CC)S(=O)(=O)NCc1cccc(Br)c1. The van der Waals surface area contributed by atoms with Gasteiger partial charge in [-0.1, -0.05) is 41.9 Å². The fourth-order valence-corrected chi connectivity index (χ4v) is 3.13. The summed E-state index contributed by atoms with van der Waals surface area (Å²) in [6, 6.07) is 7.56. The van der Waals surface area contributed by atoms with E-state index >= 15 is 0 Å². The van der Waals surface area contributed by atoms with E-state index in [1.807, 2.05) is 38.1 Å². The van der Waals surface area contributed by atoms with Gasteiger partial charge in [0, 0.05) is 24.1 Å². The predicted octanol–water partition coefficient (Wildman–Crippen LogP) is 2.13. The van der Waals surface area contributed by atoms with Crippen LogP contribution >= 0.6 is 15.9 Å². The normalized spacial score (nSPS) is 12.0. The van der Waals surface area contributed by atoms with Gasteiger partial charge in [0.15, 0.2) is 0 Å². The Morgan fingerprint density at radius 3 is 2.47 bits per heavy atom. The summed E-state index contributed by atoms with van der Waals surface area (Å²) in [6.07, 6.45) is 0. The van der Waals surface area contributed by atoms with E-state index in [2.05, 4.69) is 20.7 Å². The Morgan fingerprint density at radius 1 is 1.29 bits per heavy atom. The molecule has 0 spiro atoms. The second-order valence-corrected chi connectivity index (χ2v) is 6.21. The summed E-state index contributed by atoms with van der Waals surface area (Å²) in [5.74, 6) is 0. The molecule has 0 fully saturated rings. The molecule has 1 aromatic rings. The first-order valence-corrected chi connectivity index (χ1v) is 7.72. The highest BCUT2D eigenvalue weighted by molar-refractivity contribution is 9.10. The zero-order chi connectivity index (χ0) is 12.9. The highest BCUT2D eigenvalue weighted by atomic mass is 79.9. The maximum absolute atomic E-state index is 11.9. The molecular formula is C11H17BrN2O2S. The second kappa shape index (κ2) is 6.49. The van der Waals surface area contributed by atoms with Gasteiger partial charge in [-0.05, 0) is 17.7 Å². The van der Waals surface area contributed by atoms with Gasteiger partial charge in [-0.2, -0.15) is 17.4 Å². The lowest BCUT2D eigenvalue weighted by Crippen LogP contribution is -2.40. The van der Waals surface area contributed by atoms with Gasteiger partial charge in [0.2, 0.25) is 0 Å². The fourth-order valence-electron chi connectivity index (χ4n) is 1.48. The molecule has 0 saturated heterocycles. The summed E-state index contributed by atoms with van der Waals surface area (Å²) in [5, 5.41) is 0. The van der Waals surface area contributed by atoms with Crippen molar-refractivity contribution in [3.8, 4) is 0 Å². The maximum Gasteiger partial charge on any atom is 0.279 e. The molecule has 96 valence electrons. The highest BCUT2D eigenvalue weighted by Crippen LogP contribution is 2.11. The average molecular weight is 321 g/mol. The van der Waals surface area contributed by atoms with Crippen LogP contribution in [0.5, 0.6) is 0 Å². The first-order chi connectivity index (χ1) is 7.99. The molecule has 17 heavy (non-hydrogen) atoms. The molecule has 0 radical (unpaired) electrons. The number of rotatable bonds is 6. The number of halogens is 1. The first kappa shape index (κ1) is 14.6. The van der Waals surface area contributed by atoms with Crippen molar-refractivity contribution in [3.05, 3.63) is 34.3 Å². The second-order valence-electron chi connectivity index (χ2n) is 3.54. The van der Waals surface area contributed by atoms with Crippen LogP contribution < -0.4 is 4.72 Å². The van der Waals surface area contributed by atoms with Crippen LogP contribution in [-0.4, -0.2) is 25.8 Å². The Kier molecular flexibility index (Phi) is 5.58. The van der Waals surface area contributed by atoms with E-state index in [0.717, 1.165) is 10.0 Å².